The first kappa shape index (κ1) is 15.8. The predicted octanol–water partition coefficient (Wildman–Crippen LogP) is 2.95. The highest BCUT2D eigenvalue weighted by molar-refractivity contribution is 5.80. The van der Waals surface area contributed by atoms with Gasteiger partial charge in [-0.3, -0.25) is 4.79 Å². The van der Waals surface area contributed by atoms with Gasteiger partial charge in [0.05, 0.1) is 12.1 Å². The van der Waals surface area contributed by atoms with Crippen LogP contribution in [0.2, 0.25) is 0 Å². The minimum Gasteiger partial charge on any atom is -0.376 e. The van der Waals surface area contributed by atoms with Gasteiger partial charge in [-0.2, -0.15) is 0 Å². The van der Waals surface area contributed by atoms with E-state index in [4.69, 9.17) is 4.74 Å². The lowest BCUT2D eigenvalue weighted by Gasteiger charge is -2.40. The van der Waals surface area contributed by atoms with Crippen molar-refractivity contribution in [1.29, 1.82) is 0 Å². The third-order valence-electron chi connectivity index (χ3n) is 4.37. The van der Waals surface area contributed by atoms with Crippen LogP contribution in [-0.2, 0) is 9.53 Å². The molecule has 21 heavy (non-hydrogen) atoms. The number of para-hydroxylation sites is 1. The Morgan fingerprint density at radius 1 is 1.29 bits per heavy atom. The van der Waals surface area contributed by atoms with E-state index in [9.17, 15) is 4.79 Å². The van der Waals surface area contributed by atoms with Gasteiger partial charge in [-0.1, -0.05) is 32.0 Å². The Hall–Kier alpha value is -1.55. The molecule has 0 radical (unpaired) electrons. The molecule has 1 saturated heterocycles. The molecule has 1 aliphatic heterocycles. The van der Waals surface area contributed by atoms with Crippen LogP contribution in [0.5, 0.6) is 0 Å². The van der Waals surface area contributed by atoms with Gasteiger partial charge in [0.1, 0.15) is 0 Å². The summed E-state index contributed by atoms with van der Waals surface area (Å²) < 4.78 is 5.94. The van der Waals surface area contributed by atoms with Crippen molar-refractivity contribution < 1.29 is 9.53 Å². The number of carbonyl (C=O) groups excluding carboxylic acids is 1. The number of hydrogen-bond donors (Lipinski definition) is 2. The fraction of sp³-hybridized carbons (Fsp3) is 0.588. The smallest absolute Gasteiger partial charge is 0.239 e. The van der Waals surface area contributed by atoms with Crippen LogP contribution in [0.4, 0.5) is 5.69 Å². The van der Waals surface area contributed by atoms with Crippen LogP contribution in [0.1, 0.15) is 39.5 Å². The minimum absolute atomic E-state index is 0.0480. The van der Waals surface area contributed by atoms with Crippen molar-refractivity contribution in [3.63, 3.8) is 0 Å². The molecule has 0 bridgehead atoms. The normalized spacial score (nSPS) is 20.8. The number of amides is 1. The number of hydrogen-bond acceptors (Lipinski definition) is 3. The van der Waals surface area contributed by atoms with Crippen molar-refractivity contribution in [1.82, 2.24) is 5.32 Å². The first-order valence-electron chi connectivity index (χ1n) is 7.89. The molecule has 1 aromatic carbocycles. The summed E-state index contributed by atoms with van der Waals surface area (Å²) in [5, 5.41) is 6.27. The van der Waals surface area contributed by atoms with E-state index in [1.54, 1.807) is 0 Å². The minimum atomic E-state index is -0.0525. The lowest BCUT2D eigenvalue weighted by atomic mass is 9.86. The predicted molar refractivity (Wildman–Crippen MR) is 85.4 cm³/mol. The summed E-state index contributed by atoms with van der Waals surface area (Å²) >= 11 is 0. The average molecular weight is 290 g/mol. The van der Waals surface area contributed by atoms with Crippen molar-refractivity contribution in [2.24, 2.45) is 0 Å². The Kier molecular flexibility index (Phi) is 5.62. The molecule has 0 aliphatic carbocycles. The van der Waals surface area contributed by atoms with Gasteiger partial charge < -0.3 is 15.4 Å². The molecule has 4 heteroatoms. The molecular weight excluding hydrogens is 264 g/mol. The number of carbonyl (C=O) groups is 1. The van der Waals surface area contributed by atoms with Crippen LogP contribution in [0, 0.1) is 0 Å². The average Bonchev–Trinajstić information content (AvgIpc) is 2.54. The van der Waals surface area contributed by atoms with Crippen molar-refractivity contribution in [3.05, 3.63) is 30.3 Å². The van der Waals surface area contributed by atoms with E-state index in [0.29, 0.717) is 6.54 Å². The zero-order valence-corrected chi connectivity index (χ0v) is 13.0. The summed E-state index contributed by atoms with van der Waals surface area (Å²) in [5.41, 5.74) is 0.916. The third kappa shape index (κ3) is 4.46. The number of nitrogens with one attached hydrogen (secondary N) is 2. The molecule has 4 nitrogen and oxygen atoms in total. The van der Waals surface area contributed by atoms with E-state index in [1.807, 2.05) is 30.3 Å². The Morgan fingerprint density at radius 3 is 2.67 bits per heavy atom. The second-order valence-electron chi connectivity index (χ2n) is 5.72. The van der Waals surface area contributed by atoms with Gasteiger partial charge in [0, 0.05) is 18.3 Å². The zero-order valence-electron chi connectivity index (χ0n) is 13.0. The van der Waals surface area contributed by atoms with Gasteiger partial charge in [0.15, 0.2) is 0 Å². The number of anilines is 1. The summed E-state index contributed by atoms with van der Waals surface area (Å²) in [6, 6.07) is 10.0. The summed E-state index contributed by atoms with van der Waals surface area (Å²) in [5.74, 6) is 0.0480. The molecule has 1 fully saturated rings. The first-order valence-corrected chi connectivity index (χ1v) is 7.89. The number of benzene rings is 1. The third-order valence-corrected chi connectivity index (χ3v) is 4.37. The maximum atomic E-state index is 12.1. The summed E-state index contributed by atoms with van der Waals surface area (Å²) in [7, 11) is 0. The SMILES string of the molecule is CCC1(CC)CC(NC(=O)CNc2ccccc2)CCO1. The molecule has 0 saturated carbocycles. The quantitative estimate of drug-likeness (QED) is 0.847. The first-order chi connectivity index (χ1) is 10.2. The number of ether oxygens (including phenoxy) is 1. The summed E-state index contributed by atoms with van der Waals surface area (Å²) in [4.78, 5) is 12.1. The van der Waals surface area contributed by atoms with Gasteiger partial charge >= 0.3 is 0 Å². The van der Waals surface area contributed by atoms with Gasteiger partial charge in [0.2, 0.25) is 5.91 Å². The Labute approximate surface area is 127 Å². The second kappa shape index (κ2) is 7.46. The van der Waals surface area contributed by atoms with E-state index in [0.717, 1.165) is 38.0 Å². The van der Waals surface area contributed by atoms with Crippen molar-refractivity contribution in [2.45, 2.75) is 51.2 Å². The molecule has 0 spiro atoms. The second-order valence-corrected chi connectivity index (χ2v) is 5.72. The molecule has 2 N–H and O–H groups in total. The maximum Gasteiger partial charge on any atom is 0.239 e. The molecular formula is C17H26N2O2. The van der Waals surface area contributed by atoms with E-state index < -0.39 is 0 Å². The van der Waals surface area contributed by atoms with E-state index in [2.05, 4.69) is 24.5 Å². The van der Waals surface area contributed by atoms with Crippen LogP contribution in [-0.4, -0.2) is 30.7 Å². The topological polar surface area (TPSA) is 50.4 Å². The highest BCUT2D eigenvalue weighted by Gasteiger charge is 2.34. The molecule has 1 amide bonds. The fourth-order valence-electron chi connectivity index (χ4n) is 2.91. The standard InChI is InChI=1S/C17H26N2O2/c1-3-17(4-2)12-15(10-11-21-17)19-16(20)13-18-14-8-6-5-7-9-14/h5-9,15,18H,3-4,10-13H2,1-2H3,(H,19,20). The Morgan fingerprint density at radius 2 is 2.00 bits per heavy atom. The van der Waals surface area contributed by atoms with E-state index >= 15 is 0 Å². The van der Waals surface area contributed by atoms with Gasteiger partial charge in [-0.05, 0) is 37.8 Å². The molecule has 0 aromatic heterocycles. The Balaban J connectivity index is 1.79. The summed E-state index contributed by atoms with van der Waals surface area (Å²) in [6.45, 7) is 5.36. The van der Waals surface area contributed by atoms with Crippen molar-refractivity contribution in [3.8, 4) is 0 Å². The lowest BCUT2D eigenvalue weighted by Crippen LogP contribution is -2.49. The van der Waals surface area contributed by atoms with Crippen LogP contribution in [0.3, 0.4) is 0 Å². The molecule has 1 atom stereocenters. The molecule has 1 aromatic rings. The van der Waals surface area contributed by atoms with Crippen molar-refractivity contribution in [2.75, 3.05) is 18.5 Å². The molecule has 1 heterocycles. The zero-order chi connectivity index (χ0) is 15.1. The number of rotatable bonds is 6. The molecule has 2 rings (SSSR count). The molecule has 116 valence electrons. The van der Waals surface area contributed by atoms with E-state index in [1.165, 1.54) is 0 Å². The highest BCUT2D eigenvalue weighted by atomic mass is 16.5. The Bertz CT molecular complexity index is 443. The van der Waals surface area contributed by atoms with Crippen molar-refractivity contribution >= 4 is 11.6 Å². The van der Waals surface area contributed by atoms with Crippen LogP contribution in [0.15, 0.2) is 30.3 Å². The van der Waals surface area contributed by atoms with Gasteiger partial charge in [0.25, 0.3) is 0 Å². The molecule has 1 aliphatic rings. The van der Waals surface area contributed by atoms with Gasteiger partial charge in [-0.15, -0.1) is 0 Å². The largest absolute Gasteiger partial charge is 0.376 e. The lowest BCUT2D eigenvalue weighted by molar-refractivity contribution is -0.124. The maximum absolute atomic E-state index is 12.1. The van der Waals surface area contributed by atoms with Crippen LogP contribution >= 0.6 is 0 Å². The van der Waals surface area contributed by atoms with E-state index in [-0.39, 0.29) is 17.6 Å². The van der Waals surface area contributed by atoms with Gasteiger partial charge in [-0.25, -0.2) is 0 Å². The highest BCUT2D eigenvalue weighted by Crippen LogP contribution is 2.31. The van der Waals surface area contributed by atoms with Crippen LogP contribution in [0.25, 0.3) is 0 Å². The fourth-order valence-corrected chi connectivity index (χ4v) is 2.91. The van der Waals surface area contributed by atoms with Crippen LogP contribution < -0.4 is 10.6 Å². The summed E-state index contributed by atoms with van der Waals surface area (Å²) in [6.07, 6.45) is 3.81. The molecule has 1 unspecified atom stereocenters. The monoisotopic (exact) mass is 290 g/mol.